The van der Waals surface area contributed by atoms with Crippen molar-refractivity contribution < 1.29 is 0 Å². The van der Waals surface area contributed by atoms with Crippen molar-refractivity contribution in [1.82, 2.24) is 19.4 Å². The summed E-state index contributed by atoms with van der Waals surface area (Å²) >= 11 is 0. The van der Waals surface area contributed by atoms with E-state index in [4.69, 9.17) is 0 Å². The molecule has 0 spiro atoms. The summed E-state index contributed by atoms with van der Waals surface area (Å²) in [6, 6.07) is 2.84. The molecule has 0 aliphatic carbocycles. The Hall–Kier alpha value is -1.40. The second kappa shape index (κ2) is 6.38. The summed E-state index contributed by atoms with van der Waals surface area (Å²) in [6.07, 6.45) is 3.98. The Kier molecular flexibility index (Phi) is 4.49. The highest BCUT2D eigenvalue weighted by molar-refractivity contribution is 4.97. The smallest absolute Gasteiger partial charge is 0.311 e. The highest BCUT2D eigenvalue weighted by Gasteiger charge is 2.34. The van der Waals surface area contributed by atoms with Crippen LogP contribution < -0.4 is 11.2 Å². The number of likely N-dealkylation sites (tertiary alicyclic amines) is 2. The average molecular weight is 306 g/mol. The zero-order valence-corrected chi connectivity index (χ0v) is 13.5. The SMILES string of the molecule is Cc1cc(=O)n(CCN2CC(N3CCCCC3C)C2)c(=O)[nH]1. The third kappa shape index (κ3) is 3.17. The van der Waals surface area contributed by atoms with Gasteiger partial charge in [0.15, 0.2) is 0 Å². The van der Waals surface area contributed by atoms with Crippen molar-refractivity contribution in [2.24, 2.45) is 0 Å². The summed E-state index contributed by atoms with van der Waals surface area (Å²) in [5, 5.41) is 0. The van der Waals surface area contributed by atoms with E-state index in [1.807, 2.05) is 0 Å². The topological polar surface area (TPSA) is 61.3 Å². The van der Waals surface area contributed by atoms with Crippen molar-refractivity contribution in [3.63, 3.8) is 0 Å². The normalized spacial score (nSPS) is 24.4. The standard InChI is InChI=1S/C16H26N4O2/c1-12-9-15(21)20(16(22)17-12)8-7-18-10-14(11-18)19-6-4-3-5-13(19)2/h9,13-14H,3-8,10-11H2,1-2H3,(H,17,22). The van der Waals surface area contributed by atoms with Gasteiger partial charge in [0, 0.05) is 50.0 Å². The van der Waals surface area contributed by atoms with Crippen LogP contribution in [0.2, 0.25) is 0 Å². The second-order valence-corrected chi connectivity index (χ2v) is 6.74. The first-order valence-corrected chi connectivity index (χ1v) is 8.33. The molecule has 1 aromatic heterocycles. The lowest BCUT2D eigenvalue weighted by Crippen LogP contribution is -2.62. The van der Waals surface area contributed by atoms with Crippen LogP contribution in [0.5, 0.6) is 0 Å². The van der Waals surface area contributed by atoms with Gasteiger partial charge in [0.1, 0.15) is 0 Å². The average Bonchev–Trinajstić information content (AvgIpc) is 2.41. The molecule has 22 heavy (non-hydrogen) atoms. The predicted octanol–water partition coefficient (Wildman–Crippen LogP) is 0.404. The van der Waals surface area contributed by atoms with Gasteiger partial charge >= 0.3 is 5.69 Å². The fraction of sp³-hybridized carbons (Fsp3) is 0.750. The second-order valence-electron chi connectivity index (χ2n) is 6.74. The molecule has 2 aliphatic rings. The molecule has 2 aliphatic heterocycles. The maximum atomic E-state index is 11.9. The van der Waals surface area contributed by atoms with Crippen molar-refractivity contribution in [1.29, 1.82) is 0 Å². The van der Waals surface area contributed by atoms with Crippen LogP contribution in [-0.2, 0) is 6.54 Å². The van der Waals surface area contributed by atoms with Crippen LogP contribution in [0.25, 0.3) is 0 Å². The van der Waals surface area contributed by atoms with Crippen molar-refractivity contribution >= 4 is 0 Å². The van der Waals surface area contributed by atoms with Crippen LogP contribution in [0.15, 0.2) is 15.7 Å². The molecular weight excluding hydrogens is 280 g/mol. The number of nitrogens with zero attached hydrogens (tertiary/aromatic N) is 3. The van der Waals surface area contributed by atoms with E-state index in [0.29, 0.717) is 24.3 Å². The Balaban J connectivity index is 1.51. The Bertz CT molecular complexity index is 599. The summed E-state index contributed by atoms with van der Waals surface area (Å²) in [7, 11) is 0. The summed E-state index contributed by atoms with van der Waals surface area (Å²) in [5.74, 6) is 0. The Morgan fingerprint density at radius 1 is 1.23 bits per heavy atom. The summed E-state index contributed by atoms with van der Waals surface area (Å²) < 4.78 is 1.30. The van der Waals surface area contributed by atoms with Gasteiger partial charge in [-0.3, -0.25) is 19.2 Å². The van der Waals surface area contributed by atoms with E-state index in [0.717, 1.165) is 19.6 Å². The Morgan fingerprint density at radius 3 is 2.68 bits per heavy atom. The van der Waals surface area contributed by atoms with Gasteiger partial charge < -0.3 is 4.98 Å². The number of nitrogens with one attached hydrogen (secondary N) is 1. The van der Waals surface area contributed by atoms with E-state index in [2.05, 4.69) is 21.7 Å². The Labute approximate surface area is 130 Å². The third-order valence-electron chi connectivity index (χ3n) is 5.06. The zero-order valence-electron chi connectivity index (χ0n) is 13.5. The minimum absolute atomic E-state index is 0.206. The Morgan fingerprint density at radius 2 is 2.00 bits per heavy atom. The van der Waals surface area contributed by atoms with E-state index in [1.54, 1.807) is 6.92 Å². The molecule has 0 aromatic carbocycles. The largest absolute Gasteiger partial charge is 0.328 e. The molecule has 1 N–H and O–H groups in total. The first-order valence-electron chi connectivity index (χ1n) is 8.33. The van der Waals surface area contributed by atoms with Crippen LogP contribution in [0, 0.1) is 6.92 Å². The van der Waals surface area contributed by atoms with Crippen molar-refractivity contribution in [2.75, 3.05) is 26.2 Å². The number of aromatic nitrogens is 2. The third-order valence-corrected chi connectivity index (χ3v) is 5.06. The number of H-pyrrole nitrogens is 1. The number of hydrogen-bond acceptors (Lipinski definition) is 4. The minimum atomic E-state index is -0.299. The summed E-state index contributed by atoms with van der Waals surface area (Å²) in [4.78, 5) is 31.3. The molecule has 0 amide bonds. The fourth-order valence-corrected chi connectivity index (χ4v) is 3.69. The molecular formula is C16H26N4O2. The van der Waals surface area contributed by atoms with Crippen molar-refractivity contribution in [3.05, 3.63) is 32.6 Å². The molecule has 1 atom stereocenters. The summed E-state index contributed by atoms with van der Waals surface area (Å²) in [5.41, 5.74) is 0.115. The lowest BCUT2D eigenvalue weighted by atomic mass is 9.97. The summed E-state index contributed by atoms with van der Waals surface area (Å²) in [6.45, 7) is 8.63. The van der Waals surface area contributed by atoms with Gasteiger partial charge in [0.2, 0.25) is 0 Å². The van der Waals surface area contributed by atoms with Gasteiger partial charge in [-0.25, -0.2) is 4.79 Å². The first kappa shape index (κ1) is 15.5. The van der Waals surface area contributed by atoms with E-state index in [-0.39, 0.29) is 11.2 Å². The highest BCUT2D eigenvalue weighted by atomic mass is 16.2. The molecule has 2 fully saturated rings. The molecule has 6 nitrogen and oxygen atoms in total. The molecule has 0 bridgehead atoms. The molecule has 1 aromatic rings. The molecule has 122 valence electrons. The van der Waals surface area contributed by atoms with Crippen LogP contribution in [-0.4, -0.2) is 57.6 Å². The molecule has 3 rings (SSSR count). The lowest BCUT2D eigenvalue weighted by molar-refractivity contribution is -0.00371. The predicted molar refractivity (Wildman–Crippen MR) is 86.3 cm³/mol. The van der Waals surface area contributed by atoms with Gasteiger partial charge in [-0.15, -0.1) is 0 Å². The molecule has 1 unspecified atom stereocenters. The van der Waals surface area contributed by atoms with Crippen molar-refractivity contribution in [2.45, 2.75) is 51.7 Å². The number of piperidine rings is 1. The maximum absolute atomic E-state index is 11.9. The highest BCUT2D eigenvalue weighted by Crippen LogP contribution is 2.24. The first-order chi connectivity index (χ1) is 10.5. The number of hydrogen-bond donors (Lipinski definition) is 1. The van der Waals surface area contributed by atoms with E-state index in [9.17, 15) is 9.59 Å². The van der Waals surface area contributed by atoms with Crippen LogP contribution in [0.4, 0.5) is 0 Å². The monoisotopic (exact) mass is 306 g/mol. The molecule has 2 saturated heterocycles. The molecule has 3 heterocycles. The number of aromatic amines is 1. The van der Waals surface area contributed by atoms with E-state index in [1.165, 1.54) is 36.4 Å². The minimum Gasteiger partial charge on any atom is -0.311 e. The fourth-order valence-electron chi connectivity index (χ4n) is 3.69. The molecule has 0 saturated carbocycles. The van der Waals surface area contributed by atoms with Crippen LogP contribution in [0.1, 0.15) is 31.9 Å². The van der Waals surface area contributed by atoms with Gasteiger partial charge in [0.25, 0.3) is 5.56 Å². The van der Waals surface area contributed by atoms with Crippen LogP contribution >= 0.6 is 0 Å². The lowest BCUT2D eigenvalue weighted by Gasteiger charge is -2.49. The molecule has 6 heteroatoms. The molecule has 0 radical (unpaired) electrons. The van der Waals surface area contributed by atoms with Gasteiger partial charge in [0.05, 0.1) is 0 Å². The van der Waals surface area contributed by atoms with Gasteiger partial charge in [-0.1, -0.05) is 6.42 Å². The van der Waals surface area contributed by atoms with Crippen molar-refractivity contribution in [3.8, 4) is 0 Å². The number of aryl methyl sites for hydroxylation is 1. The van der Waals surface area contributed by atoms with Gasteiger partial charge in [-0.05, 0) is 33.2 Å². The quantitative estimate of drug-likeness (QED) is 0.875. The van der Waals surface area contributed by atoms with E-state index >= 15 is 0 Å². The van der Waals surface area contributed by atoms with Gasteiger partial charge in [-0.2, -0.15) is 0 Å². The van der Waals surface area contributed by atoms with Crippen LogP contribution in [0.3, 0.4) is 0 Å². The maximum Gasteiger partial charge on any atom is 0.328 e. The number of rotatable bonds is 4. The zero-order chi connectivity index (χ0) is 15.7. The van der Waals surface area contributed by atoms with E-state index < -0.39 is 0 Å².